The van der Waals surface area contributed by atoms with Crippen molar-refractivity contribution in [1.82, 2.24) is 5.32 Å². The number of Topliss-reactive ketones (excluding diaryl/α,β-unsaturated/α-hetero) is 2. The normalized spacial score (nSPS) is 17.1. The Morgan fingerprint density at radius 1 is 0.854 bits per heavy atom. The molecular weight excluding hydrogens is 554 g/mol. The molecule has 0 saturated heterocycles. The summed E-state index contributed by atoms with van der Waals surface area (Å²) < 4.78 is 10.2. The number of nitrogens with one attached hydrogen (secondary N) is 1. The maximum absolute atomic E-state index is 12.9. The number of rotatable bonds is 14. The summed E-state index contributed by atoms with van der Waals surface area (Å²) in [6.45, 7) is -1.73. The topological polar surface area (TPSA) is 208 Å². The minimum Gasteiger partial charge on any atom is -0.479 e. The van der Waals surface area contributed by atoms with Crippen molar-refractivity contribution in [2.75, 3.05) is 19.8 Å². The van der Waals surface area contributed by atoms with Gasteiger partial charge in [-0.3, -0.25) is 14.4 Å². The summed E-state index contributed by atoms with van der Waals surface area (Å²) in [4.78, 5) is 60.2. The van der Waals surface area contributed by atoms with Crippen LogP contribution < -0.4 is 26.3 Å². The maximum atomic E-state index is 12.9. The molecule has 41 heavy (non-hydrogen) atoms. The van der Waals surface area contributed by atoms with Crippen molar-refractivity contribution >= 4 is 46.6 Å². The lowest BCUT2D eigenvalue weighted by Crippen LogP contribution is -2.42. The number of carbonyl (C=O) groups excluding carboxylic acids is 3. The van der Waals surface area contributed by atoms with Crippen LogP contribution in [0.5, 0.6) is 11.5 Å². The highest BCUT2D eigenvalue weighted by atomic mass is 32.1. The fourth-order valence-electron chi connectivity index (χ4n) is 4.55. The molecule has 1 amide bonds. The second kappa shape index (κ2) is 14.3. The fourth-order valence-corrected chi connectivity index (χ4v) is 4.69. The first-order valence-corrected chi connectivity index (χ1v) is 13.2. The van der Waals surface area contributed by atoms with Crippen LogP contribution in [0.1, 0.15) is 52.0 Å². The summed E-state index contributed by atoms with van der Waals surface area (Å²) in [5.74, 6) is -4.06. The van der Waals surface area contributed by atoms with E-state index >= 15 is 0 Å². The van der Waals surface area contributed by atoms with E-state index in [0.29, 0.717) is 36.8 Å². The van der Waals surface area contributed by atoms with E-state index in [2.05, 4.69) is 5.32 Å². The van der Waals surface area contributed by atoms with E-state index < -0.39 is 37.0 Å². The molecule has 13 heteroatoms. The summed E-state index contributed by atoms with van der Waals surface area (Å²) in [6.07, 6.45) is 2.17. The van der Waals surface area contributed by atoms with Crippen LogP contribution in [0.15, 0.2) is 42.5 Å². The van der Waals surface area contributed by atoms with Gasteiger partial charge in [0.25, 0.3) is 0 Å². The minimum atomic E-state index is -1.27. The molecule has 0 spiro atoms. The number of nitrogens with two attached hydrogens (primary N) is 2. The quantitative estimate of drug-likeness (QED) is 0.158. The minimum absolute atomic E-state index is 0.0423. The molecule has 1 aliphatic rings. The van der Waals surface area contributed by atoms with Crippen molar-refractivity contribution in [3.63, 3.8) is 0 Å². The molecule has 1 atom stereocenters. The first kappa shape index (κ1) is 31.2. The van der Waals surface area contributed by atoms with Gasteiger partial charge in [-0.05, 0) is 49.8 Å². The molecular formula is C28H31N3O9S. The first-order chi connectivity index (χ1) is 19.5. The monoisotopic (exact) mass is 585 g/mol. The second-order valence-corrected chi connectivity index (χ2v) is 10.1. The number of hydrogen-bond acceptors (Lipinski definition) is 9. The average Bonchev–Trinajstić information content (AvgIpc) is 2.96. The largest absolute Gasteiger partial charge is 0.479 e. The summed E-state index contributed by atoms with van der Waals surface area (Å²) in [6, 6.07) is 9.82. The molecule has 0 radical (unpaired) electrons. The second-order valence-electron chi connectivity index (χ2n) is 9.61. The Balaban J connectivity index is 1.52. The molecule has 0 aromatic heterocycles. The van der Waals surface area contributed by atoms with Crippen molar-refractivity contribution in [3.8, 4) is 11.5 Å². The van der Waals surface area contributed by atoms with Gasteiger partial charge in [0.1, 0.15) is 4.99 Å². The van der Waals surface area contributed by atoms with E-state index in [1.165, 1.54) is 18.2 Å². The van der Waals surface area contributed by atoms with Gasteiger partial charge in [0.15, 0.2) is 36.3 Å². The Bertz CT molecular complexity index is 1320. The number of ether oxygens (including phenoxy) is 2. The Labute approximate surface area is 241 Å². The third-order valence-electron chi connectivity index (χ3n) is 6.80. The van der Waals surface area contributed by atoms with Crippen molar-refractivity contribution < 1.29 is 43.7 Å². The van der Waals surface area contributed by atoms with Crippen LogP contribution in [0.4, 0.5) is 0 Å². The van der Waals surface area contributed by atoms with Gasteiger partial charge >= 0.3 is 11.9 Å². The van der Waals surface area contributed by atoms with Crippen LogP contribution in [0, 0.1) is 11.8 Å². The Hall–Kier alpha value is -4.36. The molecule has 1 unspecified atom stereocenters. The number of carbonyl (C=O) groups is 5. The number of ketones is 2. The van der Waals surface area contributed by atoms with E-state index in [4.69, 9.17) is 43.4 Å². The van der Waals surface area contributed by atoms with Gasteiger partial charge in [-0.2, -0.15) is 0 Å². The van der Waals surface area contributed by atoms with Gasteiger partial charge < -0.3 is 36.5 Å². The van der Waals surface area contributed by atoms with Crippen LogP contribution in [0.2, 0.25) is 0 Å². The zero-order chi connectivity index (χ0) is 30.1. The molecule has 218 valence electrons. The van der Waals surface area contributed by atoms with Crippen LogP contribution in [0.3, 0.4) is 0 Å². The molecule has 1 fully saturated rings. The lowest BCUT2D eigenvalue weighted by Gasteiger charge is -2.31. The molecule has 2 aromatic carbocycles. The summed E-state index contributed by atoms with van der Waals surface area (Å²) in [5.41, 5.74) is 13.1. The fraction of sp³-hybridized carbons (Fsp3) is 0.357. The highest BCUT2D eigenvalue weighted by molar-refractivity contribution is 7.80. The first-order valence-electron chi connectivity index (χ1n) is 12.8. The van der Waals surface area contributed by atoms with Crippen molar-refractivity contribution in [2.45, 2.75) is 31.7 Å². The van der Waals surface area contributed by atoms with E-state index in [1.54, 1.807) is 24.3 Å². The van der Waals surface area contributed by atoms with E-state index in [9.17, 15) is 24.0 Å². The van der Waals surface area contributed by atoms with Crippen molar-refractivity contribution in [2.24, 2.45) is 23.3 Å². The van der Waals surface area contributed by atoms with Crippen LogP contribution in [-0.2, 0) is 14.4 Å². The molecule has 7 N–H and O–H groups in total. The SMILES string of the molecule is NC(=S)c1ccc(C(=O)C(N)[C@H]2CC[C@H](C(=O)NCC(=O)c3ccc(OCC(=O)O)c(OCC(=O)O)c3)CC2)cc1. The Morgan fingerprint density at radius 3 is 1.95 bits per heavy atom. The Morgan fingerprint density at radius 2 is 1.39 bits per heavy atom. The standard InChI is InChI=1S/C28H31N3O9S/c29-25(26(37)16-3-5-17(6-4-16)27(30)41)15-1-7-18(8-2-15)28(38)31-12-20(32)19-9-10-21(39-13-23(33)34)22(11-19)40-14-24(35)36/h3-6,9-11,15,18,25H,1-2,7-8,12-14,29H2,(H2,30,41)(H,31,38)(H,33,34)(H,35,36)/t15-,18-,25?. The number of benzene rings is 2. The zero-order valence-electron chi connectivity index (χ0n) is 22.0. The van der Waals surface area contributed by atoms with Gasteiger partial charge in [0, 0.05) is 22.6 Å². The smallest absolute Gasteiger partial charge is 0.341 e. The summed E-state index contributed by atoms with van der Waals surface area (Å²) in [7, 11) is 0. The van der Waals surface area contributed by atoms with Crippen LogP contribution >= 0.6 is 12.2 Å². The number of amides is 1. The lowest BCUT2D eigenvalue weighted by atomic mass is 9.76. The van der Waals surface area contributed by atoms with E-state index in [0.717, 1.165) is 0 Å². The molecule has 0 aliphatic heterocycles. The maximum Gasteiger partial charge on any atom is 0.341 e. The van der Waals surface area contributed by atoms with E-state index in [1.807, 2.05) is 0 Å². The molecule has 12 nitrogen and oxygen atoms in total. The third-order valence-corrected chi connectivity index (χ3v) is 7.03. The highest BCUT2D eigenvalue weighted by Crippen LogP contribution is 2.32. The zero-order valence-corrected chi connectivity index (χ0v) is 22.9. The third kappa shape index (κ3) is 8.82. The van der Waals surface area contributed by atoms with Crippen LogP contribution in [-0.4, -0.2) is 70.4 Å². The molecule has 2 aromatic rings. The summed E-state index contributed by atoms with van der Waals surface area (Å²) in [5, 5.41) is 20.3. The number of carboxylic acids is 2. The van der Waals surface area contributed by atoms with Crippen molar-refractivity contribution in [3.05, 3.63) is 59.2 Å². The Kier molecular flexibility index (Phi) is 10.9. The molecule has 0 bridgehead atoms. The average molecular weight is 586 g/mol. The number of hydrogen-bond donors (Lipinski definition) is 5. The van der Waals surface area contributed by atoms with Gasteiger partial charge in [0.2, 0.25) is 5.91 Å². The van der Waals surface area contributed by atoms with E-state index in [-0.39, 0.29) is 52.1 Å². The number of aliphatic carboxylic acids is 2. The van der Waals surface area contributed by atoms with Gasteiger partial charge in [-0.1, -0.05) is 36.5 Å². The summed E-state index contributed by atoms with van der Waals surface area (Å²) >= 11 is 4.93. The van der Waals surface area contributed by atoms with Crippen LogP contribution in [0.25, 0.3) is 0 Å². The van der Waals surface area contributed by atoms with Crippen molar-refractivity contribution in [1.29, 1.82) is 0 Å². The molecule has 0 heterocycles. The molecule has 1 saturated carbocycles. The molecule has 1 aliphatic carbocycles. The lowest BCUT2D eigenvalue weighted by molar-refractivity contribution is -0.140. The predicted molar refractivity (Wildman–Crippen MR) is 150 cm³/mol. The highest BCUT2D eigenvalue weighted by Gasteiger charge is 2.32. The predicted octanol–water partition coefficient (Wildman–Crippen LogP) is 1.56. The number of carboxylic acid groups (broad SMARTS) is 2. The van der Waals surface area contributed by atoms with Gasteiger partial charge in [0.05, 0.1) is 12.6 Å². The number of thiocarbonyl (C=S) groups is 1. The van der Waals surface area contributed by atoms with Gasteiger partial charge in [-0.15, -0.1) is 0 Å². The molecule has 3 rings (SSSR count). The van der Waals surface area contributed by atoms with Gasteiger partial charge in [-0.25, -0.2) is 9.59 Å².